The number of hydrogen-bond donors (Lipinski definition) is 0. The van der Waals surface area contributed by atoms with E-state index in [4.69, 9.17) is 9.47 Å². The number of aryl methyl sites for hydroxylation is 1. The third kappa shape index (κ3) is 5.46. The van der Waals surface area contributed by atoms with Crippen molar-refractivity contribution < 1.29 is 14.3 Å². The third-order valence-electron chi connectivity index (χ3n) is 5.89. The summed E-state index contributed by atoms with van der Waals surface area (Å²) < 4.78 is 10.5. The Morgan fingerprint density at radius 2 is 1.38 bits per heavy atom. The van der Waals surface area contributed by atoms with E-state index in [9.17, 15) is 4.79 Å². The second kappa shape index (κ2) is 10.7. The van der Waals surface area contributed by atoms with E-state index in [2.05, 4.69) is 16.5 Å². The SMILES string of the molecule is C=C1N(Cc2ccc(OC)cc2)C(=O)C=C(CCc2ccccn2)N1Cc1ccc(OC)cc1. The molecular formula is C28H29N3O3. The third-order valence-corrected chi connectivity index (χ3v) is 5.89. The number of ether oxygens (including phenoxy) is 2. The van der Waals surface area contributed by atoms with Crippen LogP contribution in [0.3, 0.4) is 0 Å². The summed E-state index contributed by atoms with van der Waals surface area (Å²) >= 11 is 0. The van der Waals surface area contributed by atoms with Crippen LogP contribution in [0.15, 0.2) is 97.1 Å². The normalized spacial score (nSPS) is 13.6. The first kappa shape index (κ1) is 23.1. The average Bonchev–Trinajstić information content (AvgIpc) is 2.88. The number of carbonyl (C=O) groups excluding carboxylic acids is 1. The van der Waals surface area contributed by atoms with Crippen LogP contribution in [0.25, 0.3) is 0 Å². The van der Waals surface area contributed by atoms with Crippen LogP contribution < -0.4 is 9.47 Å². The van der Waals surface area contributed by atoms with E-state index in [0.29, 0.717) is 25.3 Å². The lowest BCUT2D eigenvalue weighted by molar-refractivity contribution is -0.126. The minimum absolute atomic E-state index is 0.0668. The molecule has 2 heterocycles. The van der Waals surface area contributed by atoms with Gasteiger partial charge in [-0.2, -0.15) is 0 Å². The van der Waals surface area contributed by atoms with Gasteiger partial charge < -0.3 is 14.4 Å². The molecule has 0 radical (unpaired) electrons. The van der Waals surface area contributed by atoms with Crippen LogP contribution in [0.2, 0.25) is 0 Å². The Balaban J connectivity index is 1.58. The molecule has 1 aliphatic rings. The van der Waals surface area contributed by atoms with Gasteiger partial charge in [0, 0.05) is 30.2 Å². The van der Waals surface area contributed by atoms with Crippen molar-refractivity contribution >= 4 is 5.91 Å². The highest BCUT2D eigenvalue weighted by molar-refractivity contribution is 5.90. The topological polar surface area (TPSA) is 54.9 Å². The monoisotopic (exact) mass is 455 g/mol. The summed E-state index contributed by atoms with van der Waals surface area (Å²) in [6.45, 7) is 5.35. The lowest BCUT2D eigenvalue weighted by Crippen LogP contribution is -2.41. The van der Waals surface area contributed by atoms with E-state index in [0.717, 1.165) is 40.4 Å². The fourth-order valence-electron chi connectivity index (χ4n) is 3.94. The van der Waals surface area contributed by atoms with E-state index in [-0.39, 0.29) is 5.91 Å². The van der Waals surface area contributed by atoms with Gasteiger partial charge in [0.15, 0.2) is 0 Å². The van der Waals surface area contributed by atoms with Crippen LogP contribution in [0.1, 0.15) is 23.2 Å². The molecule has 0 atom stereocenters. The highest BCUT2D eigenvalue weighted by atomic mass is 16.5. The highest BCUT2D eigenvalue weighted by Gasteiger charge is 2.28. The van der Waals surface area contributed by atoms with Gasteiger partial charge in [-0.3, -0.25) is 14.7 Å². The van der Waals surface area contributed by atoms with E-state index in [1.807, 2.05) is 66.7 Å². The van der Waals surface area contributed by atoms with Gasteiger partial charge in [0.25, 0.3) is 5.91 Å². The molecule has 0 fully saturated rings. The van der Waals surface area contributed by atoms with Crippen molar-refractivity contribution in [3.8, 4) is 11.5 Å². The predicted molar refractivity (Wildman–Crippen MR) is 132 cm³/mol. The Bertz CT molecular complexity index is 1160. The molecule has 0 aliphatic carbocycles. The first-order chi connectivity index (χ1) is 16.6. The molecule has 1 amide bonds. The summed E-state index contributed by atoms with van der Waals surface area (Å²) in [5, 5.41) is 0. The summed E-state index contributed by atoms with van der Waals surface area (Å²) in [7, 11) is 3.29. The zero-order chi connectivity index (χ0) is 23.9. The molecule has 4 rings (SSSR count). The van der Waals surface area contributed by atoms with Gasteiger partial charge in [-0.25, -0.2) is 0 Å². The minimum atomic E-state index is -0.0668. The molecule has 0 saturated heterocycles. The second-order valence-corrected chi connectivity index (χ2v) is 8.08. The van der Waals surface area contributed by atoms with E-state index in [1.54, 1.807) is 31.4 Å². The Hall–Kier alpha value is -4.06. The molecule has 174 valence electrons. The molecule has 3 aromatic rings. The number of aromatic nitrogens is 1. The minimum Gasteiger partial charge on any atom is -0.497 e. The Morgan fingerprint density at radius 3 is 1.91 bits per heavy atom. The van der Waals surface area contributed by atoms with Gasteiger partial charge >= 0.3 is 0 Å². The first-order valence-corrected chi connectivity index (χ1v) is 11.2. The van der Waals surface area contributed by atoms with E-state index >= 15 is 0 Å². The van der Waals surface area contributed by atoms with Crippen molar-refractivity contribution in [1.82, 2.24) is 14.8 Å². The lowest BCUT2D eigenvalue weighted by atomic mass is 10.1. The van der Waals surface area contributed by atoms with Crippen LogP contribution in [0, 0.1) is 0 Å². The van der Waals surface area contributed by atoms with Crippen molar-refractivity contribution in [2.45, 2.75) is 25.9 Å². The van der Waals surface area contributed by atoms with Gasteiger partial charge in [-0.05, 0) is 60.4 Å². The molecule has 0 unspecified atom stereocenters. The molecule has 34 heavy (non-hydrogen) atoms. The first-order valence-electron chi connectivity index (χ1n) is 11.2. The molecule has 0 bridgehead atoms. The van der Waals surface area contributed by atoms with E-state index < -0.39 is 0 Å². The number of pyridine rings is 1. The fraction of sp³-hybridized carbons (Fsp3) is 0.214. The number of methoxy groups -OCH3 is 2. The largest absolute Gasteiger partial charge is 0.497 e. The van der Waals surface area contributed by atoms with Crippen molar-refractivity contribution in [2.75, 3.05) is 14.2 Å². The number of hydrogen-bond acceptors (Lipinski definition) is 5. The molecule has 6 heteroatoms. The Morgan fingerprint density at radius 1 is 0.794 bits per heavy atom. The molecule has 0 spiro atoms. The maximum Gasteiger partial charge on any atom is 0.254 e. The fourth-order valence-corrected chi connectivity index (χ4v) is 3.94. The molecule has 2 aromatic carbocycles. The summed E-state index contributed by atoms with van der Waals surface area (Å²) in [4.78, 5) is 21.4. The number of amides is 1. The van der Waals surface area contributed by atoms with Crippen molar-refractivity contribution in [2.24, 2.45) is 0 Å². The van der Waals surface area contributed by atoms with Gasteiger partial charge in [-0.15, -0.1) is 0 Å². The lowest BCUT2D eigenvalue weighted by Gasteiger charge is -2.39. The zero-order valence-electron chi connectivity index (χ0n) is 19.6. The van der Waals surface area contributed by atoms with Crippen LogP contribution in [-0.2, 0) is 24.3 Å². The highest BCUT2D eigenvalue weighted by Crippen LogP contribution is 2.29. The molecule has 6 nitrogen and oxygen atoms in total. The standard InChI is InChI=1S/C28H29N3O3/c1-21-30(19-22-7-13-26(33-2)14-8-22)25(12-11-24-6-4-5-17-29-24)18-28(32)31(21)20-23-9-15-27(34-3)16-10-23/h4-10,13-18H,1,11-12,19-20H2,2-3H3. The maximum atomic E-state index is 13.1. The molecular weight excluding hydrogens is 426 g/mol. The van der Waals surface area contributed by atoms with Crippen molar-refractivity contribution in [3.63, 3.8) is 0 Å². The number of rotatable bonds is 9. The number of carbonyl (C=O) groups is 1. The summed E-state index contributed by atoms with van der Waals surface area (Å²) in [6.07, 6.45) is 4.95. The zero-order valence-corrected chi connectivity index (χ0v) is 19.6. The second-order valence-electron chi connectivity index (χ2n) is 8.08. The molecule has 0 saturated carbocycles. The number of nitrogens with zero attached hydrogens (tertiary/aromatic N) is 3. The smallest absolute Gasteiger partial charge is 0.254 e. The van der Waals surface area contributed by atoms with Crippen LogP contribution in [0.5, 0.6) is 11.5 Å². The number of allylic oxidation sites excluding steroid dienone is 1. The van der Waals surface area contributed by atoms with Crippen LogP contribution >= 0.6 is 0 Å². The van der Waals surface area contributed by atoms with Crippen molar-refractivity contribution in [3.05, 3.63) is 114 Å². The molecule has 1 aromatic heterocycles. The van der Waals surface area contributed by atoms with Gasteiger partial charge in [0.2, 0.25) is 0 Å². The van der Waals surface area contributed by atoms with Gasteiger partial charge in [0.05, 0.1) is 20.8 Å². The van der Waals surface area contributed by atoms with Crippen LogP contribution in [-0.4, -0.2) is 34.9 Å². The number of benzene rings is 2. The summed E-state index contributed by atoms with van der Waals surface area (Å²) in [5.41, 5.74) is 4.03. The van der Waals surface area contributed by atoms with Gasteiger partial charge in [-0.1, -0.05) is 36.9 Å². The Kier molecular flexibility index (Phi) is 7.28. The van der Waals surface area contributed by atoms with E-state index in [1.165, 1.54) is 0 Å². The molecule has 1 aliphatic heterocycles. The average molecular weight is 456 g/mol. The summed E-state index contributed by atoms with van der Waals surface area (Å²) in [5.74, 6) is 2.19. The van der Waals surface area contributed by atoms with Crippen LogP contribution in [0.4, 0.5) is 0 Å². The summed E-state index contributed by atoms with van der Waals surface area (Å²) in [6, 6.07) is 21.6. The van der Waals surface area contributed by atoms with Gasteiger partial charge in [0.1, 0.15) is 17.3 Å². The maximum absolute atomic E-state index is 13.1. The molecule has 0 N–H and O–H groups in total. The Labute approximate surface area is 200 Å². The quantitative estimate of drug-likeness (QED) is 0.458. The van der Waals surface area contributed by atoms with Crippen molar-refractivity contribution in [1.29, 1.82) is 0 Å². The predicted octanol–water partition coefficient (Wildman–Crippen LogP) is 4.93.